The van der Waals surface area contributed by atoms with Gasteiger partial charge in [-0.15, -0.1) is 6.42 Å². The molecule has 1 rings (SSSR count). The molecule has 1 heterocycles. The molecule has 1 aromatic rings. The monoisotopic (exact) mass is 151 g/mol. The predicted molar refractivity (Wildman–Crippen MR) is 38.7 cm³/mol. The number of pyridine rings is 1. The zero-order valence-corrected chi connectivity index (χ0v) is 5.97. The SMILES string of the molecule is C#Cc1ccc(F)nc1OC. The van der Waals surface area contributed by atoms with Crippen molar-refractivity contribution in [1.82, 2.24) is 4.98 Å². The molecule has 11 heavy (non-hydrogen) atoms. The average Bonchev–Trinajstić information content (AvgIpc) is 2.04. The van der Waals surface area contributed by atoms with E-state index >= 15 is 0 Å². The fourth-order valence-electron chi connectivity index (χ4n) is 0.683. The van der Waals surface area contributed by atoms with Crippen molar-refractivity contribution in [2.45, 2.75) is 0 Å². The first kappa shape index (κ1) is 7.55. The molecule has 0 aliphatic rings. The second-order valence-electron chi connectivity index (χ2n) is 1.84. The minimum Gasteiger partial charge on any atom is -0.480 e. The Bertz CT molecular complexity index is 303. The maximum atomic E-state index is 12.4. The zero-order chi connectivity index (χ0) is 8.27. The van der Waals surface area contributed by atoms with Crippen molar-refractivity contribution in [2.24, 2.45) is 0 Å². The Labute approximate surface area is 64.0 Å². The van der Waals surface area contributed by atoms with E-state index in [1.807, 2.05) is 0 Å². The van der Waals surface area contributed by atoms with Crippen LogP contribution in [0, 0.1) is 18.3 Å². The van der Waals surface area contributed by atoms with Crippen LogP contribution in [0.1, 0.15) is 5.56 Å². The highest BCUT2D eigenvalue weighted by Gasteiger charge is 2.01. The van der Waals surface area contributed by atoms with Crippen LogP contribution < -0.4 is 4.74 Å². The summed E-state index contributed by atoms with van der Waals surface area (Å²) in [6, 6.07) is 2.64. The van der Waals surface area contributed by atoms with Gasteiger partial charge in [0.05, 0.1) is 12.7 Å². The second kappa shape index (κ2) is 3.02. The first-order valence-corrected chi connectivity index (χ1v) is 2.95. The first-order chi connectivity index (χ1) is 5.27. The highest BCUT2D eigenvalue weighted by atomic mass is 19.1. The molecule has 0 fully saturated rings. The molecular weight excluding hydrogens is 145 g/mol. The number of aromatic nitrogens is 1. The van der Waals surface area contributed by atoms with E-state index in [2.05, 4.69) is 10.9 Å². The Morgan fingerprint density at radius 3 is 2.91 bits per heavy atom. The van der Waals surface area contributed by atoms with Crippen molar-refractivity contribution < 1.29 is 9.13 Å². The molecule has 0 aromatic carbocycles. The molecule has 0 unspecified atom stereocenters. The van der Waals surface area contributed by atoms with Crippen molar-refractivity contribution in [2.75, 3.05) is 7.11 Å². The van der Waals surface area contributed by atoms with E-state index in [0.29, 0.717) is 5.56 Å². The van der Waals surface area contributed by atoms with Crippen LogP contribution in [0.2, 0.25) is 0 Å². The highest BCUT2D eigenvalue weighted by molar-refractivity contribution is 5.39. The average molecular weight is 151 g/mol. The molecule has 0 bridgehead atoms. The summed E-state index contributed by atoms with van der Waals surface area (Å²) in [5.41, 5.74) is 0.453. The van der Waals surface area contributed by atoms with Crippen molar-refractivity contribution in [3.63, 3.8) is 0 Å². The van der Waals surface area contributed by atoms with Crippen molar-refractivity contribution >= 4 is 0 Å². The number of halogens is 1. The first-order valence-electron chi connectivity index (χ1n) is 2.95. The van der Waals surface area contributed by atoms with Gasteiger partial charge in [0.15, 0.2) is 0 Å². The number of rotatable bonds is 1. The Morgan fingerprint density at radius 2 is 2.36 bits per heavy atom. The molecule has 0 atom stereocenters. The molecule has 2 nitrogen and oxygen atoms in total. The van der Waals surface area contributed by atoms with Crippen LogP contribution in [0.4, 0.5) is 4.39 Å². The molecule has 0 amide bonds. The Balaban J connectivity index is 3.19. The largest absolute Gasteiger partial charge is 0.480 e. The molecule has 0 aliphatic carbocycles. The fraction of sp³-hybridized carbons (Fsp3) is 0.125. The zero-order valence-electron chi connectivity index (χ0n) is 5.97. The number of hydrogen-bond acceptors (Lipinski definition) is 2. The van der Waals surface area contributed by atoms with Crippen molar-refractivity contribution in [3.05, 3.63) is 23.6 Å². The van der Waals surface area contributed by atoms with Crippen LogP contribution in [0.5, 0.6) is 5.88 Å². The van der Waals surface area contributed by atoms with E-state index < -0.39 is 5.95 Å². The van der Waals surface area contributed by atoms with Gasteiger partial charge in [-0.05, 0) is 12.1 Å². The van der Waals surface area contributed by atoms with Gasteiger partial charge in [-0.1, -0.05) is 5.92 Å². The van der Waals surface area contributed by atoms with Crippen LogP contribution in [0.3, 0.4) is 0 Å². The highest BCUT2D eigenvalue weighted by Crippen LogP contribution is 2.12. The smallest absolute Gasteiger partial charge is 0.231 e. The maximum Gasteiger partial charge on any atom is 0.231 e. The van der Waals surface area contributed by atoms with Gasteiger partial charge in [0.25, 0.3) is 0 Å². The Kier molecular flexibility index (Phi) is 2.07. The summed E-state index contributed by atoms with van der Waals surface area (Å²) in [5.74, 6) is 1.87. The number of ether oxygens (including phenoxy) is 1. The van der Waals surface area contributed by atoms with Crippen LogP contribution in [-0.4, -0.2) is 12.1 Å². The number of methoxy groups -OCH3 is 1. The van der Waals surface area contributed by atoms with Crippen LogP contribution in [-0.2, 0) is 0 Å². The lowest BCUT2D eigenvalue weighted by molar-refractivity contribution is 0.386. The molecule has 1 aromatic heterocycles. The van der Waals surface area contributed by atoms with Crippen LogP contribution in [0.15, 0.2) is 12.1 Å². The summed E-state index contributed by atoms with van der Waals surface area (Å²) in [6.45, 7) is 0. The van der Waals surface area contributed by atoms with E-state index in [-0.39, 0.29) is 5.88 Å². The maximum absolute atomic E-state index is 12.4. The van der Waals surface area contributed by atoms with E-state index in [1.165, 1.54) is 19.2 Å². The normalized spacial score (nSPS) is 8.82. The number of terminal acetylenes is 1. The molecule has 3 heteroatoms. The summed E-state index contributed by atoms with van der Waals surface area (Å²) in [6.07, 6.45) is 5.08. The van der Waals surface area contributed by atoms with Gasteiger partial charge in [-0.2, -0.15) is 9.37 Å². The van der Waals surface area contributed by atoms with Crippen LogP contribution in [0.25, 0.3) is 0 Å². The van der Waals surface area contributed by atoms with Gasteiger partial charge >= 0.3 is 0 Å². The third-order valence-corrected chi connectivity index (χ3v) is 1.18. The summed E-state index contributed by atoms with van der Waals surface area (Å²) in [7, 11) is 1.39. The van der Waals surface area contributed by atoms with Gasteiger partial charge < -0.3 is 4.74 Å². The summed E-state index contributed by atoms with van der Waals surface area (Å²) in [5, 5.41) is 0. The molecule has 0 saturated heterocycles. The van der Waals surface area contributed by atoms with Gasteiger partial charge in [-0.3, -0.25) is 0 Å². The van der Waals surface area contributed by atoms with Crippen LogP contribution >= 0.6 is 0 Å². The molecular formula is C8H6FNO. The Hall–Kier alpha value is -1.56. The molecule has 56 valence electrons. The summed E-state index contributed by atoms with van der Waals surface area (Å²) < 4.78 is 17.1. The van der Waals surface area contributed by atoms with E-state index in [9.17, 15) is 4.39 Å². The summed E-state index contributed by atoms with van der Waals surface area (Å²) in [4.78, 5) is 3.43. The lowest BCUT2D eigenvalue weighted by Crippen LogP contribution is -1.93. The summed E-state index contributed by atoms with van der Waals surface area (Å²) >= 11 is 0. The minimum absolute atomic E-state index is 0.146. The predicted octanol–water partition coefficient (Wildman–Crippen LogP) is 1.21. The fourth-order valence-corrected chi connectivity index (χ4v) is 0.683. The molecule has 0 spiro atoms. The molecule has 0 N–H and O–H groups in total. The van der Waals surface area contributed by atoms with Gasteiger partial charge in [0, 0.05) is 0 Å². The minimum atomic E-state index is -0.596. The standard InChI is InChI=1S/C8H6FNO/c1-3-6-4-5-7(9)10-8(6)11-2/h1,4-5H,2H3. The van der Waals surface area contributed by atoms with E-state index in [4.69, 9.17) is 11.2 Å². The van der Waals surface area contributed by atoms with Gasteiger partial charge in [0.1, 0.15) is 0 Å². The topological polar surface area (TPSA) is 22.1 Å². The van der Waals surface area contributed by atoms with Crippen molar-refractivity contribution in [1.29, 1.82) is 0 Å². The third kappa shape index (κ3) is 1.47. The number of nitrogens with zero attached hydrogens (tertiary/aromatic N) is 1. The number of hydrogen-bond donors (Lipinski definition) is 0. The molecule has 0 saturated carbocycles. The van der Waals surface area contributed by atoms with Gasteiger partial charge in [-0.25, -0.2) is 0 Å². The third-order valence-electron chi connectivity index (χ3n) is 1.18. The second-order valence-corrected chi connectivity index (χ2v) is 1.84. The van der Waals surface area contributed by atoms with E-state index in [1.54, 1.807) is 0 Å². The van der Waals surface area contributed by atoms with E-state index in [0.717, 1.165) is 0 Å². The molecule has 0 radical (unpaired) electrons. The van der Waals surface area contributed by atoms with Gasteiger partial charge in [0.2, 0.25) is 11.8 Å². The molecule has 0 aliphatic heterocycles. The lowest BCUT2D eigenvalue weighted by atomic mass is 10.3. The lowest BCUT2D eigenvalue weighted by Gasteiger charge is -1.99. The Morgan fingerprint density at radius 1 is 1.64 bits per heavy atom. The van der Waals surface area contributed by atoms with Crippen molar-refractivity contribution in [3.8, 4) is 18.2 Å². The quantitative estimate of drug-likeness (QED) is 0.444.